The van der Waals surface area contributed by atoms with Crippen molar-refractivity contribution in [3.63, 3.8) is 0 Å². The summed E-state index contributed by atoms with van der Waals surface area (Å²) in [5, 5.41) is 0. The monoisotopic (exact) mass is 619 g/mol. The first-order chi connectivity index (χ1) is 21.8. The quantitative estimate of drug-likeness (QED) is 0.0599. The van der Waals surface area contributed by atoms with Gasteiger partial charge in [0.2, 0.25) is 0 Å². The fraction of sp³-hybridized carbons (Fsp3) is 1.00. The Morgan fingerprint density at radius 3 is 0.523 bits per heavy atom. The highest BCUT2D eigenvalue weighted by atomic mass is 14.1. The number of hydrogen-bond acceptors (Lipinski definition) is 0. The van der Waals surface area contributed by atoms with E-state index in [2.05, 4.69) is 20.8 Å². The normalized spacial score (nSPS) is 12.3. The van der Waals surface area contributed by atoms with E-state index in [1.165, 1.54) is 257 Å². The molecule has 0 nitrogen and oxygen atoms in total. The van der Waals surface area contributed by atoms with E-state index in [9.17, 15) is 0 Å². The predicted molar refractivity (Wildman–Crippen MR) is 205 cm³/mol. The highest BCUT2D eigenvalue weighted by molar-refractivity contribution is 4.62. The standard InChI is InChI=1S/C44H90/c1-4-7-10-12-14-16-18-20-22-23-24-25-26-27-29-31-33-35-37-40-43-44(41-38-9-6-3)42-39-36-34-32-30-28-21-19-17-15-13-11-8-5-2/h44H,4-43H2,1-3H3. The van der Waals surface area contributed by atoms with Crippen LogP contribution in [-0.4, -0.2) is 0 Å². The molecule has 0 saturated heterocycles. The van der Waals surface area contributed by atoms with Crippen molar-refractivity contribution in [3.05, 3.63) is 0 Å². The van der Waals surface area contributed by atoms with Crippen molar-refractivity contribution < 1.29 is 0 Å². The molecule has 0 N–H and O–H groups in total. The van der Waals surface area contributed by atoms with E-state index in [0.29, 0.717) is 0 Å². The lowest BCUT2D eigenvalue weighted by molar-refractivity contribution is 0.367. The maximum Gasteiger partial charge on any atom is -0.0414 e. The van der Waals surface area contributed by atoms with Crippen LogP contribution >= 0.6 is 0 Å². The first-order valence-corrected chi connectivity index (χ1v) is 21.8. The van der Waals surface area contributed by atoms with E-state index < -0.39 is 0 Å². The van der Waals surface area contributed by atoms with Crippen molar-refractivity contribution >= 4 is 0 Å². The maximum absolute atomic E-state index is 2.36. The van der Waals surface area contributed by atoms with Crippen molar-refractivity contribution in [1.29, 1.82) is 0 Å². The minimum absolute atomic E-state index is 1.04. The molecule has 0 spiro atoms. The Balaban J connectivity index is 3.49. The van der Waals surface area contributed by atoms with Gasteiger partial charge in [0.25, 0.3) is 0 Å². The van der Waals surface area contributed by atoms with E-state index >= 15 is 0 Å². The molecule has 1 atom stereocenters. The molecular formula is C44H90. The Labute approximate surface area is 282 Å². The Kier molecular flexibility index (Phi) is 41.0. The van der Waals surface area contributed by atoms with Gasteiger partial charge in [-0.1, -0.05) is 278 Å². The fourth-order valence-corrected chi connectivity index (χ4v) is 7.43. The Morgan fingerprint density at radius 2 is 0.318 bits per heavy atom. The molecule has 1 unspecified atom stereocenters. The van der Waals surface area contributed by atoms with Crippen LogP contribution in [0.15, 0.2) is 0 Å². The fourth-order valence-electron chi connectivity index (χ4n) is 7.43. The summed E-state index contributed by atoms with van der Waals surface area (Å²) >= 11 is 0. The lowest BCUT2D eigenvalue weighted by Gasteiger charge is -2.17. The first kappa shape index (κ1) is 44.0. The van der Waals surface area contributed by atoms with Gasteiger partial charge < -0.3 is 0 Å². The van der Waals surface area contributed by atoms with Gasteiger partial charge in [0.1, 0.15) is 0 Å². The lowest BCUT2D eigenvalue weighted by atomic mass is 9.89. The highest BCUT2D eigenvalue weighted by Crippen LogP contribution is 2.25. The Morgan fingerprint density at radius 1 is 0.182 bits per heavy atom. The molecule has 0 aromatic carbocycles. The van der Waals surface area contributed by atoms with E-state index in [1.807, 2.05) is 0 Å². The van der Waals surface area contributed by atoms with Crippen molar-refractivity contribution in [2.75, 3.05) is 0 Å². The van der Waals surface area contributed by atoms with Crippen LogP contribution in [0.1, 0.15) is 278 Å². The van der Waals surface area contributed by atoms with Gasteiger partial charge in [0, 0.05) is 0 Å². The molecule has 0 aromatic rings. The summed E-state index contributed by atoms with van der Waals surface area (Å²) in [5.41, 5.74) is 0. The number of unbranched alkanes of at least 4 members (excludes halogenated alkanes) is 34. The largest absolute Gasteiger partial charge is 0.0654 e. The van der Waals surface area contributed by atoms with Gasteiger partial charge >= 0.3 is 0 Å². The van der Waals surface area contributed by atoms with Crippen molar-refractivity contribution in [2.24, 2.45) is 5.92 Å². The minimum Gasteiger partial charge on any atom is -0.0654 e. The molecular weight excluding hydrogens is 528 g/mol. The van der Waals surface area contributed by atoms with E-state index in [-0.39, 0.29) is 0 Å². The molecule has 0 heterocycles. The van der Waals surface area contributed by atoms with Crippen molar-refractivity contribution in [1.82, 2.24) is 0 Å². The Bertz CT molecular complexity index is 467. The van der Waals surface area contributed by atoms with Gasteiger partial charge in [-0.3, -0.25) is 0 Å². The molecule has 44 heavy (non-hydrogen) atoms. The second kappa shape index (κ2) is 41.0. The van der Waals surface area contributed by atoms with Gasteiger partial charge in [-0.05, 0) is 5.92 Å². The summed E-state index contributed by atoms with van der Waals surface area (Å²) < 4.78 is 0. The van der Waals surface area contributed by atoms with Crippen LogP contribution in [0, 0.1) is 5.92 Å². The molecule has 0 amide bonds. The molecule has 0 aliphatic heterocycles. The molecule has 0 aliphatic rings. The van der Waals surface area contributed by atoms with Crippen LogP contribution < -0.4 is 0 Å². The lowest BCUT2D eigenvalue weighted by Crippen LogP contribution is -2.01. The van der Waals surface area contributed by atoms with E-state index in [1.54, 1.807) is 0 Å². The predicted octanol–water partition coefficient (Wildman–Crippen LogP) is 17.3. The van der Waals surface area contributed by atoms with Crippen LogP contribution in [0.3, 0.4) is 0 Å². The SMILES string of the molecule is CCCCCCCCCCCCCCCCCCCCCCC(CCCCC)CCCCCCCCCCCCCCCC. The molecule has 0 fully saturated rings. The summed E-state index contributed by atoms with van der Waals surface area (Å²) in [6, 6.07) is 0. The van der Waals surface area contributed by atoms with Gasteiger partial charge in [0.15, 0.2) is 0 Å². The van der Waals surface area contributed by atoms with Crippen molar-refractivity contribution in [2.45, 2.75) is 278 Å². The third-order valence-electron chi connectivity index (χ3n) is 10.6. The van der Waals surface area contributed by atoms with Gasteiger partial charge in [-0.2, -0.15) is 0 Å². The summed E-state index contributed by atoms with van der Waals surface area (Å²) in [6.07, 6.45) is 59.3. The zero-order valence-electron chi connectivity index (χ0n) is 31.9. The van der Waals surface area contributed by atoms with E-state index in [0.717, 1.165) is 5.92 Å². The molecule has 0 aliphatic carbocycles. The molecule has 0 heteroatoms. The Hall–Kier alpha value is 0. The highest BCUT2D eigenvalue weighted by Gasteiger charge is 2.08. The second-order valence-electron chi connectivity index (χ2n) is 15.3. The van der Waals surface area contributed by atoms with Crippen LogP contribution in [0.4, 0.5) is 0 Å². The van der Waals surface area contributed by atoms with Crippen molar-refractivity contribution in [3.8, 4) is 0 Å². The van der Waals surface area contributed by atoms with Crippen LogP contribution in [-0.2, 0) is 0 Å². The second-order valence-corrected chi connectivity index (χ2v) is 15.3. The van der Waals surface area contributed by atoms with Gasteiger partial charge in [-0.15, -0.1) is 0 Å². The maximum atomic E-state index is 2.36. The van der Waals surface area contributed by atoms with Gasteiger partial charge in [-0.25, -0.2) is 0 Å². The first-order valence-electron chi connectivity index (χ1n) is 21.8. The average Bonchev–Trinajstić information content (AvgIpc) is 3.03. The molecule has 0 radical (unpaired) electrons. The molecule has 0 aromatic heterocycles. The van der Waals surface area contributed by atoms with Crippen LogP contribution in [0.5, 0.6) is 0 Å². The van der Waals surface area contributed by atoms with Gasteiger partial charge in [0.05, 0.1) is 0 Å². The minimum atomic E-state index is 1.04. The van der Waals surface area contributed by atoms with Crippen LogP contribution in [0.2, 0.25) is 0 Å². The zero-order chi connectivity index (χ0) is 31.9. The smallest absolute Gasteiger partial charge is 0.0414 e. The molecule has 0 bridgehead atoms. The summed E-state index contributed by atoms with van der Waals surface area (Å²) in [4.78, 5) is 0. The zero-order valence-corrected chi connectivity index (χ0v) is 31.9. The molecule has 0 rings (SSSR count). The topological polar surface area (TPSA) is 0 Å². The third kappa shape index (κ3) is 38.2. The third-order valence-corrected chi connectivity index (χ3v) is 10.6. The average molecular weight is 619 g/mol. The molecule has 266 valence electrons. The summed E-state index contributed by atoms with van der Waals surface area (Å²) in [6.45, 7) is 6.99. The number of hydrogen-bond donors (Lipinski definition) is 0. The summed E-state index contributed by atoms with van der Waals surface area (Å²) in [5.74, 6) is 1.04. The van der Waals surface area contributed by atoms with E-state index in [4.69, 9.17) is 0 Å². The number of rotatable bonds is 40. The molecule has 0 saturated carbocycles. The van der Waals surface area contributed by atoms with Crippen LogP contribution in [0.25, 0.3) is 0 Å². The summed E-state index contributed by atoms with van der Waals surface area (Å²) in [7, 11) is 0.